The number of alkyl halides is 3. The third-order valence-electron chi connectivity index (χ3n) is 7.11. The quantitative estimate of drug-likeness (QED) is 0.178. The van der Waals surface area contributed by atoms with Crippen molar-refractivity contribution >= 4 is 15.7 Å². The maximum Gasteiger partial charge on any atom is 0.416 e. The number of carbonyl (C=O) groups excluding carboxylic acids is 1. The zero-order valence-electron chi connectivity index (χ0n) is 22.7. The van der Waals surface area contributed by atoms with Gasteiger partial charge in [0.05, 0.1) is 30.2 Å². The number of piperidine rings is 1. The van der Waals surface area contributed by atoms with Gasteiger partial charge in [-0.05, 0) is 54.5 Å². The molecule has 1 aromatic heterocycles. The maximum absolute atomic E-state index is 13.6. The van der Waals surface area contributed by atoms with Crippen LogP contribution in [0.25, 0.3) is 11.4 Å². The number of amides is 1. The van der Waals surface area contributed by atoms with Gasteiger partial charge in [0.25, 0.3) is 5.91 Å². The van der Waals surface area contributed by atoms with E-state index in [1.165, 1.54) is 46.7 Å². The highest BCUT2D eigenvalue weighted by Gasteiger charge is 2.52. The number of aryl methyl sites for hydroxylation is 1. The second-order valence-electron chi connectivity index (χ2n) is 9.73. The average Bonchev–Trinajstić information content (AvgIpc) is 3.47. The number of nitrogens with one attached hydrogen (secondary N) is 1. The number of hydrogen-bond donors (Lipinski definition) is 2. The Labute approximate surface area is 240 Å². The number of likely N-dealkylation sites (tertiary alicyclic amines) is 1. The van der Waals surface area contributed by atoms with Crippen LogP contribution < -0.4 is 10.2 Å². The fraction of sp³-hybridized carbons (Fsp3) is 0.462. The smallest absolute Gasteiger partial charge is 0.416 e. The van der Waals surface area contributed by atoms with Crippen molar-refractivity contribution in [3.63, 3.8) is 0 Å². The van der Waals surface area contributed by atoms with Crippen molar-refractivity contribution in [1.82, 2.24) is 30.6 Å². The lowest BCUT2D eigenvalue weighted by atomic mass is 9.95. The van der Waals surface area contributed by atoms with E-state index in [0.29, 0.717) is 38.4 Å². The van der Waals surface area contributed by atoms with Crippen molar-refractivity contribution in [2.45, 2.75) is 41.6 Å². The van der Waals surface area contributed by atoms with Crippen LogP contribution in [-0.4, -0.2) is 89.3 Å². The molecular formula is C26H31F3N6O6S. The molecular weight excluding hydrogens is 581 g/mol. The fourth-order valence-electron chi connectivity index (χ4n) is 4.70. The van der Waals surface area contributed by atoms with E-state index in [0.717, 1.165) is 12.1 Å². The molecule has 2 heterocycles. The van der Waals surface area contributed by atoms with Crippen molar-refractivity contribution in [2.24, 2.45) is 0 Å². The molecule has 1 aliphatic heterocycles. The summed E-state index contributed by atoms with van der Waals surface area (Å²) in [5.74, 6) is -0.514. The van der Waals surface area contributed by atoms with Gasteiger partial charge in [0, 0.05) is 38.7 Å². The Balaban J connectivity index is 1.33. The number of hydrogen-bond acceptors (Lipinski definition) is 10. The van der Waals surface area contributed by atoms with Crippen molar-refractivity contribution < 1.29 is 41.1 Å². The lowest BCUT2D eigenvalue weighted by Crippen LogP contribution is -2.57. The fourth-order valence-corrected chi connectivity index (χ4v) is 6.66. The molecule has 1 fully saturated rings. The van der Waals surface area contributed by atoms with E-state index in [9.17, 15) is 31.6 Å². The Morgan fingerprint density at radius 2 is 1.81 bits per heavy atom. The number of halogens is 3. The standard InChI is InChI=1S/C26H31F3N6O6S/c1-40-17-15-34-13-10-25(11-14-34,24(36)32-37)42(38,39)22-8-6-21(7-9-22)41-16-3-12-35-31-23(30-33-35)19-4-2-5-20(18-19)26(27,28)29/h2,4-9,18,37H,3,10-17H2,1H3,(H,32,36). The Morgan fingerprint density at radius 1 is 1.10 bits per heavy atom. The number of ether oxygens (including phenoxy) is 2. The van der Waals surface area contributed by atoms with Gasteiger partial charge in [-0.15, -0.1) is 10.2 Å². The van der Waals surface area contributed by atoms with Crippen LogP contribution in [0.5, 0.6) is 5.75 Å². The second-order valence-corrected chi connectivity index (χ2v) is 12.0. The molecule has 0 saturated carbocycles. The molecule has 228 valence electrons. The number of aromatic nitrogens is 4. The largest absolute Gasteiger partial charge is 0.494 e. The van der Waals surface area contributed by atoms with Crippen molar-refractivity contribution in [1.29, 1.82) is 0 Å². The van der Waals surface area contributed by atoms with E-state index in [1.54, 1.807) is 7.11 Å². The first-order valence-corrected chi connectivity index (χ1v) is 14.6. The van der Waals surface area contributed by atoms with Crippen LogP contribution in [0.4, 0.5) is 13.2 Å². The molecule has 1 amide bonds. The molecule has 42 heavy (non-hydrogen) atoms. The lowest BCUT2D eigenvalue weighted by Gasteiger charge is -2.39. The summed E-state index contributed by atoms with van der Waals surface area (Å²) < 4.78 is 75.1. The van der Waals surface area contributed by atoms with Gasteiger partial charge in [0.15, 0.2) is 14.6 Å². The van der Waals surface area contributed by atoms with E-state index in [2.05, 4.69) is 15.4 Å². The minimum atomic E-state index is -4.48. The topological polar surface area (TPSA) is 149 Å². The second kappa shape index (κ2) is 13.1. The van der Waals surface area contributed by atoms with Crippen LogP contribution in [0.2, 0.25) is 0 Å². The van der Waals surface area contributed by atoms with Gasteiger partial charge >= 0.3 is 6.18 Å². The van der Waals surface area contributed by atoms with Gasteiger partial charge in [-0.3, -0.25) is 10.0 Å². The number of methoxy groups -OCH3 is 1. The van der Waals surface area contributed by atoms with Gasteiger partial charge in [-0.2, -0.15) is 18.0 Å². The predicted molar refractivity (Wildman–Crippen MR) is 142 cm³/mol. The average molecular weight is 613 g/mol. The van der Waals surface area contributed by atoms with Gasteiger partial charge in [0.2, 0.25) is 5.82 Å². The third-order valence-corrected chi connectivity index (χ3v) is 9.63. The van der Waals surface area contributed by atoms with Crippen LogP contribution in [-0.2, 0) is 32.1 Å². The maximum atomic E-state index is 13.6. The molecule has 0 atom stereocenters. The first-order valence-electron chi connectivity index (χ1n) is 13.1. The summed E-state index contributed by atoms with van der Waals surface area (Å²) in [6.07, 6.45) is -4.04. The third kappa shape index (κ3) is 6.88. The van der Waals surface area contributed by atoms with Crippen LogP contribution in [0.15, 0.2) is 53.4 Å². The number of hydroxylamine groups is 1. The van der Waals surface area contributed by atoms with E-state index >= 15 is 0 Å². The molecule has 0 radical (unpaired) electrons. The van der Waals surface area contributed by atoms with Crippen molar-refractivity contribution in [3.8, 4) is 17.1 Å². The molecule has 0 bridgehead atoms. The van der Waals surface area contributed by atoms with E-state index in [4.69, 9.17) is 9.47 Å². The molecule has 4 rings (SSSR count). The monoisotopic (exact) mass is 612 g/mol. The summed E-state index contributed by atoms with van der Waals surface area (Å²) in [5.41, 5.74) is 0.925. The minimum absolute atomic E-state index is 0.00942. The summed E-state index contributed by atoms with van der Waals surface area (Å²) in [5, 5.41) is 21.2. The van der Waals surface area contributed by atoms with E-state index < -0.39 is 32.2 Å². The molecule has 0 aliphatic carbocycles. The molecule has 2 aromatic carbocycles. The summed E-state index contributed by atoms with van der Waals surface area (Å²) in [4.78, 5) is 15.8. The summed E-state index contributed by atoms with van der Waals surface area (Å²) in [6.45, 7) is 2.25. The predicted octanol–water partition coefficient (Wildman–Crippen LogP) is 2.59. The number of rotatable bonds is 12. The van der Waals surface area contributed by atoms with Gasteiger partial charge in [0.1, 0.15) is 5.75 Å². The highest BCUT2D eigenvalue weighted by Crippen LogP contribution is 2.36. The first kappa shape index (κ1) is 31.3. The Hall–Kier alpha value is -3.60. The number of benzene rings is 2. The number of nitrogens with zero attached hydrogens (tertiary/aromatic N) is 5. The van der Waals surface area contributed by atoms with Crippen LogP contribution in [0, 0.1) is 0 Å². The molecule has 16 heteroatoms. The molecule has 12 nitrogen and oxygen atoms in total. The lowest BCUT2D eigenvalue weighted by molar-refractivity contribution is -0.137. The van der Waals surface area contributed by atoms with Crippen molar-refractivity contribution in [3.05, 3.63) is 54.1 Å². The van der Waals surface area contributed by atoms with Gasteiger partial charge in [-0.25, -0.2) is 13.9 Å². The summed E-state index contributed by atoms with van der Waals surface area (Å²) in [7, 11) is -2.59. The molecule has 3 aromatic rings. The van der Waals surface area contributed by atoms with Crippen LogP contribution in [0.1, 0.15) is 24.8 Å². The highest BCUT2D eigenvalue weighted by molar-refractivity contribution is 7.93. The number of tetrazole rings is 1. The van der Waals surface area contributed by atoms with E-state index in [1.807, 2.05) is 4.90 Å². The van der Waals surface area contributed by atoms with E-state index in [-0.39, 0.29) is 42.3 Å². The van der Waals surface area contributed by atoms with Crippen LogP contribution >= 0.6 is 0 Å². The first-order chi connectivity index (χ1) is 20.0. The molecule has 0 spiro atoms. The zero-order valence-corrected chi connectivity index (χ0v) is 23.6. The molecule has 2 N–H and O–H groups in total. The zero-order chi connectivity index (χ0) is 30.4. The minimum Gasteiger partial charge on any atom is -0.494 e. The molecule has 1 aliphatic rings. The van der Waals surface area contributed by atoms with Crippen molar-refractivity contribution in [2.75, 3.05) is 40.0 Å². The Bertz CT molecular complexity index is 1460. The van der Waals surface area contributed by atoms with Gasteiger partial charge < -0.3 is 14.4 Å². The Morgan fingerprint density at radius 3 is 2.45 bits per heavy atom. The number of sulfone groups is 1. The summed E-state index contributed by atoms with van der Waals surface area (Å²) in [6, 6.07) is 10.3. The number of carbonyl (C=O) groups is 1. The molecule has 0 unspecified atom stereocenters. The van der Waals surface area contributed by atoms with Gasteiger partial charge in [-0.1, -0.05) is 12.1 Å². The highest BCUT2D eigenvalue weighted by atomic mass is 32.2. The Kier molecular flexibility index (Phi) is 9.81. The SMILES string of the molecule is COCCN1CCC(C(=O)NO)(S(=O)(=O)c2ccc(OCCCn3nnc(-c4cccc(C(F)(F)F)c4)n3)cc2)CC1. The molecule has 1 saturated heterocycles. The van der Waals surface area contributed by atoms with Crippen LogP contribution in [0.3, 0.4) is 0 Å². The normalized spacial score (nSPS) is 15.8. The summed E-state index contributed by atoms with van der Waals surface area (Å²) >= 11 is 0.